The third-order valence-electron chi connectivity index (χ3n) is 3.24. The number of ether oxygens (including phenoxy) is 2. The van der Waals surface area contributed by atoms with Crippen molar-refractivity contribution >= 4 is 5.97 Å². The van der Waals surface area contributed by atoms with Crippen molar-refractivity contribution in [2.75, 3.05) is 13.2 Å². The second kappa shape index (κ2) is 4.55. The molecule has 16 heavy (non-hydrogen) atoms. The Bertz CT molecular complexity index is 289. The largest absolute Gasteiger partial charge is 0.466 e. The van der Waals surface area contributed by atoms with Gasteiger partial charge in [0, 0.05) is 5.41 Å². The Labute approximate surface area is 96.2 Å². The van der Waals surface area contributed by atoms with Gasteiger partial charge in [-0.3, -0.25) is 4.79 Å². The molecule has 0 radical (unpaired) electrons. The number of carbonyl (C=O) groups excluding carboxylic acids is 1. The molecule has 92 valence electrons. The van der Waals surface area contributed by atoms with E-state index in [1.165, 1.54) is 0 Å². The Kier molecular flexibility index (Phi) is 3.76. The normalized spacial score (nSPS) is 38.4. The molecule has 0 aliphatic carbocycles. The quantitative estimate of drug-likeness (QED) is 0.585. The van der Waals surface area contributed by atoms with Crippen molar-refractivity contribution in [3.63, 3.8) is 0 Å². The second-order valence-electron chi connectivity index (χ2n) is 4.38. The van der Waals surface area contributed by atoms with Crippen LogP contribution in [0.4, 0.5) is 0 Å². The molecule has 1 heterocycles. The van der Waals surface area contributed by atoms with Crippen LogP contribution in [0, 0.1) is 11.3 Å². The molecule has 0 bridgehead atoms. The van der Waals surface area contributed by atoms with E-state index in [0.717, 1.165) is 0 Å². The molecule has 2 unspecified atom stereocenters. The molecule has 0 aromatic rings. The first-order chi connectivity index (χ1) is 7.43. The molecule has 4 heteroatoms. The third kappa shape index (κ3) is 1.99. The van der Waals surface area contributed by atoms with Gasteiger partial charge in [-0.25, -0.2) is 0 Å². The summed E-state index contributed by atoms with van der Waals surface area (Å²) in [4.78, 5) is 11.9. The van der Waals surface area contributed by atoms with E-state index in [9.17, 15) is 9.90 Å². The van der Waals surface area contributed by atoms with E-state index in [4.69, 9.17) is 9.47 Å². The van der Waals surface area contributed by atoms with Gasteiger partial charge >= 0.3 is 5.97 Å². The molecule has 0 aromatic carbocycles. The first-order valence-electron chi connectivity index (χ1n) is 5.60. The number of hydrogen-bond donors (Lipinski definition) is 1. The van der Waals surface area contributed by atoms with Crippen molar-refractivity contribution in [1.29, 1.82) is 0 Å². The summed E-state index contributed by atoms with van der Waals surface area (Å²) >= 11 is 0. The second-order valence-corrected chi connectivity index (χ2v) is 4.38. The van der Waals surface area contributed by atoms with Crippen LogP contribution in [0.25, 0.3) is 0 Å². The summed E-state index contributed by atoms with van der Waals surface area (Å²) in [5.41, 5.74) is -0.572. The number of hydrogen-bond acceptors (Lipinski definition) is 4. The van der Waals surface area contributed by atoms with E-state index in [1.807, 2.05) is 6.92 Å². The molecule has 1 fully saturated rings. The molecule has 1 N–H and O–H groups in total. The molecule has 1 rings (SSSR count). The number of rotatable bonds is 4. The lowest BCUT2D eigenvalue weighted by atomic mass is 9.75. The predicted octanol–water partition coefficient (Wildman–Crippen LogP) is 1.49. The fraction of sp³-hybridized carbons (Fsp3) is 0.750. The minimum absolute atomic E-state index is 0.282. The molecule has 1 saturated heterocycles. The van der Waals surface area contributed by atoms with Crippen molar-refractivity contribution in [1.82, 2.24) is 0 Å². The number of carbonyl (C=O) groups is 1. The smallest absolute Gasteiger partial charge is 0.315 e. The molecule has 0 spiro atoms. The van der Waals surface area contributed by atoms with Gasteiger partial charge < -0.3 is 14.6 Å². The van der Waals surface area contributed by atoms with Crippen molar-refractivity contribution in [3.8, 4) is 0 Å². The minimum Gasteiger partial charge on any atom is -0.466 e. The highest BCUT2D eigenvalue weighted by molar-refractivity contribution is 5.75. The van der Waals surface area contributed by atoms with Crippen LogP contribution in [0.3, 0.4) is 0 Å². The zero-order chi connectivity index (χ0) is 12.4. The average Bonchev–Trinajstić information content (AvgIpc) is 2.53. The fourth-order valence-corrected chi connectivity index (χ4v) is 2.12. The van der Waals surface area contributed by atoms with E-state index < -0.39 is 23.1 Å². The van der Waals surface area contributed by atoms with Gasteiger partial charge in [0.1, 0.15) is 5.92 Å². The van der Waals surface area contributed by atoms with E-state index in [2.05, 4.69) is 6.58 Å². The van der Waals surface area contributed by atoms with Gasteiger partial charge in [-0.1, -0.05) is 19.9 Å². The maximum Gasteiger partial charge on any atom is 0.315 e. The Hall–Kier alpha value is -0.870. The maximum absolute atomic E-state index is 11.9. The Morgan fingerprint density at radius 1 is 1.69 bits per heavy atom. The van der Waals surface area contributed by atoms with Crippen molar-refractivity contribution in [3.05, 3.63) is 12.7 Å². The maximum atomic E-state index is 11.9. The monoisotopic (exact) mass is 228 g/mol. The van der Waals surface area contributed by atoms with Gasteiger partial charge in [0.2, 0.25) is 0 Å². The molecular weight excluding hydrogens is 208 g/mol. The van der Waals surface area contributed by atoms with Crippen LogP contribution in [0.2, 0.25) is 0 Å². The van der Waals surface area contributed by atoms with Gasteiger partial charge in [-0.2, -0.15) is 0 Å². The molecule has 0 amide bonds. The van der Waals surface area contributed by atoms with Crippen molar-refractivity contribution in [2.45, 2.75) is 33.0 Å². The van der Waals surface area contributed by atoms with E-state index in [0.29, 0.717) is 13.0 Å². The van der Waals surface area contributed by atoms with Crippen LogP contribution in [0.5, 0.6) is 0 Å². The molecular formula is C12H20O4. The first kappa shape index (κ1) is 13.2. The Morgan fingerprint density at radius 3 is 2.75 bits per heavy atom. The Morgan fingerprint density at radius 2 is 2.31 bits per heavy atom. The molecule has 1 aliphatic heterocycles. The summed E-state index contributed by atoms with van der Waals surface area (Å²) in [5, 5.41) is 10.3. The zero-order valence-electron chi connectivity index (χ0n) is 10.2. The van der Waals surface area contributed by atoms with Crippen LogP contribution >= 0.6 is 0 Å². The summed E-state index contributed by atoms with van der Waals surface area (Å²) < 4.78 is 10.4. The molecule has 3 atom stereocenters. The third-order valence-corrected chi connectivity index (χ3v) is 3.24. The zero-order valence-corrected chi connectivity index (χ0v) is 10.2. The van der Waals surface area contributed by atoms with Crippen LogP contribution < -0.4 is 0 Å². The van der Waals surface area contributed by atoms with Gasteiger partial charge in [-0.05, 0) is 13.3 Å². The lowest BCUT2D eigenvalue weighted by Gasteiger charge is -2.31. The summed E-state index contributed by atoms with van der Waals surface area (Å²) in [6, 6.07) is 0. The van der Waals surface area contributed by atoms with Crippen molar-refractivity contribution in [2.24, 2.45) is 11.3 Å². The van der Waals surface area contributed by atoms with Gasteiger partial charge in [0.15, 0.2) is 5.79 Å². The highest BCUT2D eigenvalue weighted by Gasteiger charge is 2.57. The SMILES string of the molecule is C=C[C@]1(C)COC(O)(CC)C1C(=O)OCC. The van der Waals surface area contributed by atoms with Crippen LogP contribution in [0.1, 0.15) is 27.2 Å². The van der Waals surface area contributed by atoms with Crippen LogP contribution in [0.15, 0.2) is 12.7 Å². The lowest BCUT2D eigenvalue weighted by molar-refractivity contribution is -0.208. The lowest BCUT2D eigenvalue weighted by Crippen LogP contribution is -2.44. The fourth-order valence-electron chi connectivity index (χ4n) is 2.12. The van der Waals surface area contributed by atoms with Crippen LogP contribution in [-0.2, 0) is 14.3 Å². The number of aliphatic hydroxyl groups is 1. The average molecular weight is 228 g/mol. The predicted molar refractivity (Wildman–Crippen MR) is 59.6 cm³/mol. The first-order valence-corrected chi connectivity index (χ1v) is 5.60. The molecule has 0 aromatic heterocycles. The standard InChI is InChI=1S/C12H20O4/c1-5-11(4)8-16-12(14,6-2)9(11)10(13)15-7-3/h5,9,14H,1,6-8H2,2-4H3/t9?,11-,12?/m1/s1. The summed E-state index contributed by atoms with van der Waals surface area (Å²) in [7, 11) is 0. The highest BCUT2D eigenvalue weighted by Crippen LogP contribution is 2.46. The summed E-state index contributed by atoms with van der Waals surface area (Å²) in [6.45, 7) is 9.65. The van der Waals surface area contributed by atoms with Gasteiger partial charge in [0.05, 0.1) is 13.2 Å². The van der Waals surface area contributed by atoms with Crippen LogP contribution in [-0.4, -0.2) is 30.1 Å². The van der Waals surface area contributed by atoms with E-state index in [1.54, 1.807) is 19.9 Å². The molecule has 0 saturated carbocycles. The van der Waals surface area contributed by atoms with E-state index in [-0.39, 0.29) is 6.61 Å². The van der Waals surface area contributed by atoms with Gasteiger partial charge in [0.25, 0.3) is 0 Å². The topological polar surface area (TPSA) is 55.8 Å². The van der Waals surface area contributed by atoms with E-state index >= 15 is 0 Å². The highest BCUT2D eigenvalue weighted by atomic mass is 16.6. The van der Waals surface area contributed by atoms with Gasteiger partial charge in [-0.15, -0.1) is 6.58 Å². The molecule has 1 aliphatic rings. The Balaban J connectivity index is 3.03. The summed E-state index contributed by atoms with van der Waals surface area (Å²) in [6.07, 6.45) is 2.00. The number of esters is 1. The van der Waals surface area contributed by atoms with Crippen molar-refractivity contribution < 1.29 is 19.4 Å². The summed E-state index contributed by atoms with van der Waals surface area (Å²) in [5.74, 6) is -2.57. The minimum atomic E-state index is -1.44. The molecule has 4 nitrogen and oxygen atoms in total.